The molecule has 0 radical (unpaired) electrons. The third kappa shape index (κ3) is 5.62. The maximum absolute atomic E-state index is 12.0. The molecular weight excluding hydrogens is 408 g/mol. The first kappa shape index (κ1) is 22.2. The first-order valence-corrected chi connectivity index (χ1v) is 12.4. The summed E-state index contributed by atoms with van der Waals surface area (Å²) in [5.74, 6) is 2.08. The van der Waals surface area contributed by atoms with Crippen LogP contribution in [-0.2, 0) is 27.4 Å². The fraction of sp³-hybridized carbons (Fsp3) is 0.480. The second-order valence-corrected chi connectivity index (χ2v) is 9.13. The van der Waals surface area contributed by atoms with Gasteiger partial charge in [-0.1, -0.05) is 42.8 Å². The number of furan rings is 1. The Bertz CT molecular complexity index is 861. The normalized spacial score (nSPS) is 21.4. The van der Waals surface area contributed by atoms with Crippen LogP contribution in [0.1, 0.15) is 42.6 Å². The lowest BCUT2D eigenvalue weighted by Crippen LogP contribution is -2.49. The van der Waals surface area contributed by atoms with Crippen molar-refractivity contribution in [3.8, 4) is 0 Å². The fourth-order valence-corrected chi connectivity index (χ4v) is 5.34. The number of likely N-dealkylation sites (tertiary alicyclic amines) is 1. The number of nitrogens with zero attached hydrogens (tertiary/aromatic N) is 1. The van der Waals surface area contributed by atoms with Gasteiger partial charge in [-0.3, -0.25) is 9.69 Å². The SMILES string of the molecule is O=C(CSCc1ccco1)NC/C=C\COC1(N2CCCCC2)CCc2ccccc21. The van der Waals surface area contributed by atoms with Gasteiger partial charge in [0.1, 0.15) is 11.5 Å². The van der Waals surface area contributed by atoms with E-state index in [4.69, 9.17) is 9.15 Å². The molecule has 1 N–H and O–H groups in total. The average molecular weight is 441 g/mol. The second kappa shape index (κ2) is 11.0. The Kier molecular flexibility index (Phi) is 7.89. The van der Waals surface area contributed by atoms with Gasteiger partial charge in [0.15, 0.2) is 0 Å². The molecule has 31 heavy (non-hydrogen) atoms. The van der Waals surface area contributed by atoms with E-state index >= 15 is 0 Å². The van der Waals surface area contributed by atoms with E-state index in [1.807, 2.05) is 24.3 Å². The molecule has 5 nitrogen and oxygen atoms in total. The van der Waals surface area contributed by atoms with Crippen LogP contribution in [0.25, 0.3) is 0 Å². The number of hydrogen-bond donors (Lipinski definition) is 1. The van der Waals surface area contributed by atoms with Gasteiger partial charge in [-0.15, -0.1) is 11.8 Å². The molecule has 1 amide bonds. The third-order valence-electron chi connectivity index (χ3n) is 6.10. The van der Waals surface area contributed by atoms with Crippen molar-refractivity contribution in [2.24, 2.45) is 0 Å². The minimum atomic E-state index is -0.299. The van der Waals surface area contributed by atoms with Gasteiger partial charge in [-0.25, -0.2) is 0 Å². The van der Waals surface area contributed by atoms with Crippen LogP contribution in [0.2, 0.25) is 0 Å². The maximum Gasteiger partial charge on any atom is 0.230 e. The number of carbonyl (C=O) groups is 1. The number of aryl methyl sites for hydroxylation is 1. The summed E-state index contributed by atoms with van der Waals surface area (Å²) in [4.78, 5) is 14.5. The first-order chi connectivity index (χ1) is 15.3. The smallest absolute Gasteiger partial charge is 0.230 e. The van der Waals surface area contributed by atoms with E-state index in [-0.39, 0.29) is 11.6 Å². The molecule has 2 aliphatic rings. The van der Waals surface area contributed by atoms with Crippen molar-refractivity contribution < 1.29 is 13.9 Å². The molecule has 0 saturated carbocycles. The van der Waals surface area contributed by atoms with E-state index in [9.17, 15) is 4.79 Å². The van der Waals surface area contributed by atoms with Crippen molar-refractivity contribution in [1.82, 2.24) is 10.2 Å². The van der Waals surface area contributed by atoms with Crippen LogP contribution < -0.4 is 5.32 Å². The van der Waals surface area contributed by atoms with Crippen LogP contribution >= 0.6 is 11.8 Å². The van der Waals surface area contributed by atoms with E-state index < -0.39 is 0 Å². The monoisotopic (exact) mass is 440 g/mol. The molecule has 0 spiro atoms. The Morgan fingerprint density at radius 2 is 2.03 bits per heavy atom. The highest BCUT2D eigenvalue weighted by Crippen LogP contribution is 2.43. The zero-order valence-corrected chi connectivity index (χ0v) is 18.9. The maximum atomic E-state index is 12.0. The van der Waals surface area contributed by atoms with Gasteiger partial charge in [0, 0.05) is 25.2 Å². The highest BCUT2D eigenvalue weighted by Gasteiger charge is 2.44. The molecule has 1 aliphatic heterocycles. The van der Waals surface area contributed by atoms with Crippen LogP contribution in [0.5, 0.6) is 0 Å². The largest absolute Gasteiger partial charge is 0.468 e. The van der Waals surface area contributed by atoms with E-state index in [0.29, 0.717) is 24.7 Å². The third-order valence-corrected chi connectivity index (χ3v) is 7.05. The van der Waals surface area contributed by atoms with Crippen molar-refractivity contribution in [2.75, 3.05) is 32.0 Å². The molecule has 1 aromatic carbocycles. The number of thioether (sulfide) groups is 1. The second-order valence-electron chi connectivity index (χ2n) is 8.15. The van der Waals surface area contributed by atoms with Gasteiger partial charge < -0.3 is 14.5 Å². The highest BCUT2D eigenvalue weighted by atomic mass is 32.2. The number of carbonyl (C=O) groups excluding carboxylic acids is 1. The van der Waals surface area contributed by atoms with Crippen LogP contribution in [0, 0.1) is 0 Å². The number of rotatable bonds is 10. The van der Waals surface area contributed by atoms with E-state index in [1.54, 1.807) is 18.0 Å². The lowest BCUT2D eigenvalue weighted by Gasteiger charge is -2.43. The van der Waals surface area contributed by atoms with Crippen molar-refractivity contribution in [1.29, 1.82) is 0 Å². The molecule has 1 saturated heterocycles. The summed E-state index contributed by atoms with van der Waals surface area (Å²) in [5, 5.41) is 2.94. The van der Waals surface area contributed by atoms with E-state index in [1.165, 1.54) is 30.4 Å². The lowest BCUT2D eigenvalue weighted by atomic mass is 9.99. The predicted octanol–water partition coefficient (Wildman–Crippen LogP) is 4.49. The van der Waals surface area contributed by atoms with Gasteiger partial charge in [-0.2, -0.15) is 0 Å². The fourth-order valence-electron chi connectivity index (χ4n) is 4.58. The topological polar surface area (TPSA) is 54.7 Å². The summed E-state index contributed by atoms with van der Waals surface area (Å²) in [6, 6.07) is 12.5. The minimum Gasteiger partial charge on any atom is -0.468 e. The Balaban J connectivity index is 1.24. The van der Waals surface area contributed by atoms with E-state index in [0.717, 1.165) is 31.7 Å². The molecule has 1 aliphatic carbocycles. The van der Waals surface area contributed by atoms with Crippen molar-refractivity contribution >= 4 is 17.7 Å². The number of hydrogen-bond acceptors (Lipinski definition) is 5. The van der Waals surface area contributed by atoms with Crippen LogP contribution in [0.3, 0.4) is 0 Å². The molecule has 1 aromatic heterocycles. The number of nitrogens with one attached hydrogen (secondary N) is 1. The van der Waals surface area contributed by atoms with E-state index in [2.05, 4.69) is 34.5 Å². The minimum absolute atomic E-state index is 0.0385. The van der Waals surface area contributed by atoms with Crippen molar-refractivity contribution in [2.45, 2.75) is 43.6 Å². The zero-order valence-electron chi connectivity index (χ0n) is 18.1. The quantitative estimate of drug-likeness (QED) is 0.552. The molecule has 1 unspecified atom stereocenters. The Morgan fingerprint density at radius 1 is 1.16 bits per heavy atom. The average Bonchev–Trinajstić information content (AvgIpc) is 3.46. The lowest BCUT2D eigenvalue weighted by molar-refractivity contribution is -0.161. The number of benzene rings is 1. The molecule has 2 heterocycles. The number of ether oxygens (including phenoxy) is 1. The summed E-state index contributed by atoms with van der Waals surface area (Å²) in [6.45, 7) is 3.28. The van der Waals surface area contributed by atoms with Crippen molar-refractivity contribution in [3.63, 3.8) is 0 Å². The molecule has 4 rings (SSSR count). The molecular formula is C25H32N2O3S. The van der Waals surface area contributed by atoms with Gasteiger partial charge >= 0.3 is 0 Å². The number of fused-ring (bicyclic) bond motifs is 1. The summed E-state index contributed by atoms with van der Waals surface area (Å²) in [5.41, 5.74) is 2.45. The first-order valence-electron chi connectivity index (χ1n) is 11.3. The highest BCUT2D eigenvalue weighted by molar-refractivity contribution is 7.99. The summed E-state index contributed by atoms with van der Waals surface area (Å²) >= 11 is 1.55. The van der Waals surface area contributed by atoms with Crippen LogP contribution in [0.15, 0.2) is 59.2 Å². The Hall–Kier alpha value is -2.02. The van der Waals surface area contributed by atoms with Gasteiger partial charge in [0.05, 0.1) is 24.4 Å². The predicted molar refractivity (Wildman–Crippen MR) is 125 cm³/mol. The standard InChI is InChI=1S/C25H32N2O3S/c28-24(20-31-19-22-10-8-17-29-22)26-14-4-7-18-30-25(27-15-5-1-6-16-27)13-12-21-9-2-3-11-23(21)25/h2-4,7-11,17H,1,5-6,12-16,18-20H2,(H,26,28)/b7-4-. The molecule has 1 fully saturated rings. The van der Waals surface area contributed by atoms with Gasteiger partial charge in [0.25, 0.3) is 0 Å². The molecule has 2 aromatic rings. The summed E-state index contributed by atoms with van der Waals surface area (Å²) in [6.07, 6.45) is 11.6. The summed E-state index contributed by atoms with van der Waals surface area (Å²) < 4.78 is 11.9. The zero-order chi connectivity index (χ0) is 21.4. The molecule has 0 bridgehead atoms. The van der Waals surface area contributed by atoms with Crippen LogP contribution in [-0.4, -0.2) is 42.8 Å². The summed E-state index contributed by atoms with van der Waals surface area (Å²) in [7, 11) is 0. The van der Waals surface area contributed by atoms with Gasteiger partial charge in [-0.05, 0) is 43.4 Å². The Morgan fingerprint density at radius 3 is 2.87 bits per heavy atom. The van der Waals surface area contributed by atoms with Crippen molar-refractivity contribution in [3.05, 3.63) is 71.7 Å². The molecule has 6 heteroatoms. The molecule has 1 atom stereocenters. The number of amides is 1. The molecule has 166 valence electrons. The number of piperidine rings is 1. The van der Waals surface area contributed by atoms with Crippen LogP contribution in [0.4, 0.5) is 0 Å². The Labute approximate surface area is 189 Å². The van der Waals surface area contributed by atoms with Gasteiger partial charge in [0.2, 0.25) is 5.91 Å².